The van der Waals surface area contributed by atoms with Crippen molar-refractivity contribution in [1.29, 1.82) is 0 Å². The lowest BCUT2D eigenvalue weighted by Gasteiger charge is -2.08. The van der Waals surface area contributed by atoms with Gasteiger partial charge in [0.15, 0.2) is 5.76 Å². The number of anilines is 1. The van der Waals surface area contributed by atoms with Crippen LogP contribution in [0.25, 0.3) is 0 Å². The van der Waals surface area contributed by atoms with E-state index >= 15 is 0 Å². The summed E-state index contributed by atoms with van der Waals surface area (Å²) in [6.07, 6.45) is 2.38. The van der Waals surface area contributed by atoms with Crippen LogP contribution >= 0.6 is 0 Å². The molecular formula is C13H15N3O4. The van der Waals surface area contributed by atoms with Crippen molar-refractivity contribution in [2.75, 3.05) is 11.9 Å². The molecule has 20 heavy (non-hydrogen) atoms. The minimum atomic E-state index is -0.446. The molecule has 7 nitrogen and oxygen atoms in total. The van der Waals surface area contributed by atoms with E-state index < -0.39 is 4.92 Å². The Morgan fingerprint density at radius 3 is 2.95 bits per heavy atom. The van der Waals surface area contributed by atoms with Crippen molar-refractivity contribution in [1.82, 2.24) is 5.16 Å². The van der Waals surface area contributed by atoms with Crippen molar-refractivity contribution in [3.8, 4) is 5.75 Å². The Morgan fingerprint density at radius 1 is 1.45 bits per heavy atom. The quantitative estimate of drug-likeness (QED) is 0.618. The summed E-state index contributed by atoms with van der Waals surface area (Å²) in [6, 6.07) is 6.31. The second-order valence-electron chi connectivity index (χ2n) is 4.15. The molecular weight excluding hydrogens is 262 g/mol. The van der Waals surface area contributed by atoms with Gasteiger partial charge in [-0.2, -0.15) is 0 Å². The monoisotopic (exact) mass is 277 g/mol. The highest BCUT2D eigenvalue weighted by Gasteiger charge is 2.11. The molecule has 0 amide bonds. The Bertz CT molecular complexity index is 569. The largest absolute Gasteiger partial charge is 0.493 e. The fraction of sp³-hybridized carbons (Fsp3) is 0.308. The number of nitrogens with zero attached hydrogens (tertiary/aromatic N) is 2. The number of hydrogen-bond acceptors (Lipinski definition) is 6. The summed E-state index contributed by atoms with van der Waals surface area (Å²) in [6.45, 7) is 2.89. The van der Waals surface area contributed by atoms with Crippen molar-refractivity contribution in [3.05, 3.63) is 46.3 Å². The van der Waals surface area contributed by atoms with Crippen LogP contribution < -0.4 is 10.1 Å². The maximum atomic E-state index is 10.9. The van der Waals surface area contributed by atoms with Crippen LogP contribution in [-0.4, -0.2) is 16.7 Å². The molecule has 1 heterocycles. The van der Waals surface area contributed by atoms with E-state index in [1.807, 2.05) is 6.92 Å². The predicted molar refractivity (Wildman–Crippen MR) is 72.7 cm³/mol. The SMILES string of the molecule is CCCOc1cc(NCc2ccno2)cc([N+](=O)[O-])c1. The van der Waals surface area contributed by atoms with E-state index in [1.165, 1.54) is 12.1 Å². The third-order valence-corrected chi connectivity index (χ3v) is 2.53. The number of nitro benzene ring substituents is 1. The van der Waals surface area contributed by atoms with Gasteiger partial charge in [0.1, 0.15) is 5.75 Å². The first-order chi connectivity index (χ1) is 9.69. The first-order valence-corrected chi connectivity index (χ1v) is 6.24. The topological polar surface area (TPSA) is 90.4 Å². The Morgan fingerprint density at radius 2 is 2.30 bits per heavy atom. The molecule has 2 aromatic rings. The molecule has 1 aromatic heterocycles. The number of rotatable bonds is 7. The molecule has 0 saturated carbocycles. The maximum absolute atomic E-state index is 10.9. The van der Waals surface area contributed by atoms with E-state index in [1.54, 1.807) is 18.3 Å². The van der Waals surface area contributed by atoms with E-state index in [0.29, 0.717) is 30.3 Å². The van der Waals surface area contributed by atoms with E-state index in [0.717, 1.165) is 6.42 Å². The van der Waals surface area contributed by atoms with Gasteiger partial charge >= 0.3 is 0 Å². The molecule has 0 radical (unpaired) electrons. The van der Waals surface area contributed by atoms with Gasteiger partial charge in [-0.1, -0.05) is 12.1 Å². The number of benzene rings is 1. The number of aromatic nitrogens is 1. The maximum Gasteiger partial charge on any atom is 0.275 e. The Hall–Kier alpha value is -2.57. The lowest BCUT2D eigenvalue weighted by atomic mass is 10.2. The van der Waals surface area contributed by atoms with Gasteiger partial charge in [0.05, 0.1) is 30.3 Å². The Balaban J connectivity index is 2.13. The standard InChI is InChI=1S/C13H15N3O4/c1-2-5-19-13-7-10(6-11(8-13)16(17)18)14-9-12-3-4-15-20-12/h3-4,6-8,14H,2,5,9H2,1H3. The number of nitrogens with one attached hydrogen (secondary N) is 1. The zero-order valence-electron chi connectivity index (χ0n) is 11.0. The minimum Gasteiger partial charge on any atom is -0.493 e. The molecule has 1 aromatic carbocycles. The summed E-state index contributed by atoms with van der Waals surface area (Å²) in [5.74, 6) is 1.12. The van der Waals surface area contributed by atoms with Crippen LogP contribution in [0, 0.1) is 10.1 Å². The van der Waals surface area contributed by atoms with Crippen LogP contribution in [0.15, 0.2) is 35.0 Å². The molecule has 7 heteroatoms. The fourth-order valence-corrected chi connectivity index (χ4v) is 1.62. The van der Waals surface area contributed by atoms with E-state index in [9.17, 15) is 10.1 Å². The van der Waals surface area contributed by atoms with Gasteiger partial charge in [0.25, 0.3) is 5.69 Å². The molecule has 106 valence electrons. The molecule has 0 aliphatic heterocycles. The van der Waals surface area contributed by atoms with Crippen LogP contribution in [0.5, 0.6) is 5.75 Å². The van der Waals surface area contributed by atoms with Crippen LogP contribution in [0.4, 0.5) is 11.4 Å². The highest BCUT2D eigenvalue weighted by molar-refractivity contribution is 5.56. The molecule has 0 aliphatic carbocycles. The molecule has 0 aliphatic rings. The van der Waals surface area contributed by atoms with Gasteiger partial charge < -0.3 is 14.6 Å². The summed E-state index contributed by atoms with van der Waals surface area (Å²) in [5, 5.41) is 17.5. The van der Waals surface area contributed by atoms with Gasteiger partial charge in [-0.3, -0.25) is 10.1 Å². The highest BCUT2D eigenvalue weighted by atomic mass is 16.6. The average molecular weight is 277 g/mol. The van der Waals surface area contributed by atoms with Crippen molar-refractivity contribution >= 4 is 11.4 Å². The van der Waals surface area contributed by atoms with Crippen LogP contribution in [0.3, 0.4) is 0 Å². The molecule has 0 unspecified atom stereocenters. The molecule has 0 atom stereocenters. The number of nitro groups is 1. The van der Waals surface area contributed by atoms with E-state index in [2.05, 4.69) is 10.5 Å². The van der Waals surface area contributed by atoms with Gasteiger partial charge in [-0.25, -0.2) is 0 Å². The third-order valence-electron chi connectivity index (χ3n) is 2.53. The van der Waals surface area contributed by atoms with Crippen molar-refractivity contribution < 1.29 is 14.2 Å². The summed E-state index contributed by atoms with van der Waals surface area (Å²) in [4.78, 5) is 10.5. The summed E-state index contributed by atoms with van der Waals surface area (Å²) < 4.78 is 10.4. The summed E-state index contributed by atoms with van der Waals surface area (Å²) in [7, 11) is 0. The van der Waals surface area contributed by atoms with E-state index in [4.69, 9.17) is 9.26 Å². The Kier molecular flexibility index (Phi) is 4.54. The molecule has 2 rings (SSSR count). The first kappa shape index (κ1) is 13.9. The zero-order valence-corrected chi connectivity index (χ0v) is 11.0. The van der Waals surface area contributed by atoms with E-state index in [-0.39, 0.29) is 5.69 Å². The predicted octanol–water partition coefficient (Wildman–Crippen LogP) is 2.98. The minimum absolute atomic E-state index is 0.0151. The van der Waals surface area contributed by atoms with Crippen molar-refractivity contribution in [2.24, 2.45) is 0 Å². The third kappa shape index (κ3) is 3.71. The number of hydrogen-bond donors (Lipinski definition) is 1. The summed E-state index contributed by atoms with van der Waals surface area (Å²) in [5.41, 5.74) is 0.584. The van der Waals surface area contributed by atoms with Crippen molar-refractivity contribution in [2.45, 2.75) is 19.9 Å². The first-order valence-electron chi connectivity index (χ1n) is 6.24. The van der Waals surface area contributed by atoms with Gasteiger partial charge in [-0.15, -0.1) is 0 Å². The van der Waals surface area contributed by atoms with Crippen LogP contribution in [0.2, 0.25) is 0 Å². The molecule has 0 saturated heterocycles. The lowest BCUT2D eigenvalue weighted by molar-refractivity contribution is -0.384. The number of non-ortho nitro benzene ring substituents is 1. The van der Waals surface area contributed by atoms with Crippen molar-refractivity contribution in [3.63, 3.8) is 0 Å². The van der Waals surface area contributed by atoms with Crippen LogP contribution in [0.1, 0.15) is 19.1 Å². The smallest absolute Gasteiger partial charge is 0.275 e. The van der Waals surface area contributed by atoms with Gasteiger partial charge in [0, 0.05) is 23.9 Å². The number of ether oxygens (including phenoxy) is 1. The molecule has 0 spiro atoms. The Labute approximate surface area is 115 Å². The summed E-state index contributed by atoms with van der Waals surface area (Å²) >= 11 is 0. The normalized spacial score (nSPS) is 10.2. The zero-order chi connectivity index (χ0) is 14.4. The van der Waals surface area contributed by atoms with Crippen LogP contribution in [-0.2, 0) is 6.54 Å². The molecule has 0 fully saturated rings. The second-order valence-corrected chi connectivity index (χ2v) is 4.15. The molecule has 0 bridgehead atoms. The average Bonchev–Trinajstić information content (AvgIpc) is 2.96. The lowest BCUT2D eigenvalue weighted by Crippen LogP contribution is -2.01. The highest BCUT2D eigenvalue weighted by Crippen LogP contribution is 2.26. The molecule has 1 N–H and O–H groups in total. The van der Waals surface area contributed by atoms with Gasteiger partial charge in [0.2, 0.25) is 0 Å². The van der Waals surface area contributed by atoms with Gasteiger partial charge in [-0.05, 0) is 6.42 Å². The second kappa shape index (κ2) is 6.55. The fourth-order valence-electron chi connectivity index (χ4n) is 1.62.